The van der Waals surface area contributed by atoms with E-state index in [1.54, 1.807) is 0 Å². The van der Waals surface area contributed by atoms with Gasteiger partial charge in [0, 0.05) is 71.5 Å². The molecule has 0 aromatic rings. The Hall–Kier alpha value is -3.32. The zero-order valence-corrected chi connectivity index (χ0v) is 65.4. The Kier molecular flexibility index (Phi) is 72.8. The zero-order chi connectivity index (χ0) is 70.8. The summed E-state index contributed by atoms with van der Waals surface area (Å²) in [5.74, 6) is 1.37. The third-order valence-electron chi connectivity index (χ3n) is 19.3. The van der Waals surface area contributed by atoms with Gasteiger partial charge in [0.1, 0.15) is 26.4 Å². The van der Waals surface area contributed by atoms with E-state index in [0.717, 1.165) is 102 Å². The maximum absolute atomic E-state index is 12.1. The summed E-state index contributed by atoms with van der Waals surface area (Å²) in [5, 5.41) is 0. The maximum atomic E-state index is 12.1. The molecule has 1 saturated heterocycles. The monoisotopic (exact) mass is 1370 g/mol. The van der Waals surface area contributed by atoms with Crippen LogP contribution < -0.4 is 0 Å². The Morgan fingerprint density at radius 3 is 0.918 bits per heavy atom. The molecule has 1 rings (SSSR count). The number of piperazine rings is 1. The Balaban J connectivity index is 0.00000190. The van der Waals surface area contributed by atoms with Crippen LogP contribution in [0.15, 0.2) is 48.6 Å². The molecule has 0 amide bonds. The van der Waals surface area contributed by atoms with Crippen molar-refractivity contribution >= 4 is 23.9 Å². The normalized spacial score (nSPS) is 13.2. The molecule has 97 heavy (non-hydrogen) atoms. The molecule has 0 saturated carbocycles. The van der Waals surface area contributed by atoms with Gasteiger partial charge in [0.25, 0.3) is 0 Å². The van der Waals surface area contributed by atoms with Gasteiger partial charge in [-0.15, -0.1) is 0 Å². The first-order chi connectivity index (χ1) is 47.4. The molecule has 1 heterocycles. The van der Waals surface area contributed by atoms with Crippen molar-refractivity contribution in [1.29, 1.82) is 0 Å². The van der Waals surface area contributed by atoms with E-state index in [2.05, 4.69) is 99.8 Å². The van der Waals surface area contributed by atoms with Crippen LogP contribution in [0.25, 0.3) is 0 Å². The lowest BCUT2D eigenvalue weighted by Crippen LogP contribution is -2.44. The van der Waals surface area contributed by atoms with Gasteiger partial charge >= 0.3 is 23.9 Å². The van der Waals surface area contributed by atoms with Crippen LogP contribution in [-0.2, 0) is 38.1 Å². The van der Waals surface area contributed by atoms with Gasteiger partial charge in [-0.2, -0.15) is 0 Å². The molecule has 0 unspecified atom stereocenters. The van der Waals surface area contributed by atoms with Crippen LogP contribution in [0.1, 0.15) is 355 Å². The minimum absolute atomic E-state index is 0.0477. The number of carbonyl (C=O) groups excluding carboxylic acids is 4. The van der Waals surface area contributed by atoms with E-state index < -0.39 is 0 Å². The number of carbonyl (C=O) groups is 4. The molecule has 0 atom stereocenters. The molecule has 0 bridgehead atoms. The Bertz CT molecular complexity index is 1730. The molecular weight excluding hydrogens is 1200 g/mol. The highest BCUT2D eigenvalue weighted by Gasteiger charge is 2.16. The molecule has 0 aromatic carbocycles. The highest BCUT2D eigenvalue weighted by atomic mass is 16.5. The first-order valence-corrected chi connectivity index (χ1v) is 41.4. The van der Waals surface area contributed by atoms with Crippen LogP contribution in [0, 0.1) is 11.8 Å². The Labute approximate surface area is 601 Å². The van der Waals surface area contributed by atoms with Crippen molar-refractivity contribution < 1.29 is 38.1 Å². The fourth-order valence-electron chi connectivity index (χ4n) is 12.8. The van der Waals surface area contributed by atoms with E-state index in [9.17, 15) is 19.2 Å². The average molecular weight is 1370 g/mol. The molecule has 0 spiro atoms. The minimum Gasteiger partial charge on any atom is -0.461 e. The average Bonchev–Trinajstić information content (AvgIpc) is 3.25. The fraction of sp³-hybridized carbons (Fsp3) is 0.859. The molecule has 12 nitrogen and oxygen atoms in total. The van der Waals surface area contributed by atoms with Crippen molar-refractivity contribution in [2.75, 3.05) is 107 Å². The van der Waals surface area contributed by atoms with Gasteiger partial charge < -0.3 is 38.5 Å². The summed E-state index contributed by atoms with van der Waals surface area (Å²) in [6.45, 7) is 20.1. The van der Waals surface area contributed by atoms with Crippen molar-refractivity contribution in [2.24, 2.45) is 11.8 Å². The third-order valence-corrected chi connectivity index (χ3v) is 19.3. The van der Waals surface area contributed by atoms with Crippen LogP contribution in [0.5, 0.6) is 0 Å². The largest absolute Gasteiger partial charge is 0.461 e. The topological polar surface area (TPSA) is 118 Å². The molecule has 1 aliphatic rings. The van der Waals surface area contributed by atoms with E-state index in [-0.39, 0.29) is 23.9 Å². The van der Waals surface area contributed by atoms with E-state index in [0.29, 0.717) is 52.1 Å². The van der Waals surface area contributed by atoms with Crippen LogP contribution in [0.2, 0.25) is 0 Å². The van der Waals surface area contributed by atoms with Crippen molar-refractivity contribution in [3.63, 3.8) is 0 Å². The summed E-state index contributed by atoms with van der Waals surface area (Å²) in [5.41, 5.74) is 0. The molecule has 0 aliphatic carbocycles. The van der Waals surface area contributed by atoms with Crippen LogP contribution >= 0.6 is 0 Å². The first kappa shape index (κ1) is 93.7. The number of unbranched alkanes of at least 4 members (excludes halogenated alkanes) is 33. The fourth-order valence-corrected chi connectivity index (χ4v) is 12.8. The molecule has 1 aliphatic heterocycles. The third kappa shape index (κ3) is 72.3. The second kappa shape index (κ2) is 75.3. The van der Waals surface area contributed by atoms with E-state index in [1.807, 2.05) is 24.3 Å². The number of hydrogen-bond donors (Lipinski definition) is 0. The van der Waals surface area contributed by atoms with Crippen molar-refractivity contribution in [3.8, 4) is 0 Å². The standard InChI is InChI=1S/C44H82N2O4.C41H78N2O4/c1-4-6-8-10-12-20-28-40-49-43(47)33-24-18-14-16-22-30-42(32-26-27-35-46-38-36-45(3)37-39-46)31-23-17-15-19-25-34-44(48)50-41-29-21-13-11-9-7-5-2;1-6-8-10-12-14-22-28-36-46-40(44)32-26-20-16-18-24-30-39(38-43(5)35-34-42(3)4)31-25-19-17-21-27-33-41(45)47-37-29-23-15-13-11-9-7-2/h20-21,28-29,42H,4-19,22-27,30-41H2,1-3H3;22-23,28-29,39H,6-21,24-27,30-38H2,1-5H3/b28-20+,29-21+;28-22+,29-23+. The van der Waals surface area contributed by atoms with Gasteiger partial charge in [-0.05, 0) is 143 Å². The number of likely N-dealkylation sites (N-methyl/N-ethyl adjacent to an activating group) is 3. The summed E-state index contributed by atoms with van der Waals surface area (Å²) in [6, 6.07) is 0. The predicted molar refractivity (Wildman–Crippen MR) is 416 cm³/mol. The SMILES string of the molecule is CCCCCC/C=C/COC(=O)CCCCCCCC(CCCCCCCC(=O)OC/C=C/CCCCCC)CCCCN1CCN(C)CC1.CCCCCC/C=C/COC(=O)CCCCCCCC(CCCCCCCC(=O)OC/C=C/CCCCCC)CN(C)CCN(C)C. The zero-order valence-electron chi connectivity index (χ0n) is 65.4. The highest BCUT2D eigenvalue weighted by molar-refractivity contribution is 5.70. The number of nitrogens with zero attached hydrogens (tertiary/aromatic N) is 4. The lowest BCUT2D eigenvalue weighted by atomic mass is 9.90. The van der Waals surface area contributed by atoms with Crippen LogP contribution in [0.4, 0.5) is 0 Å². The van der Waals surface area contributed by atoms with Gasteiger partial charge in [-0.1, -0.05) is 282 Å². The molecule has 0 aromatic heterocycles. The lowest BCUT2D eigenvalue weighted by molar-refractivity contribution is -0.143. The summed E-state index contributed by atoms with van der Waals surface area (Å²) in [7, 11) is 8.79. The lowest BCUT2D eigenvalue weighted by Gasteiger charge is -2.32. The van der Waals surface area contributed by atoms with Gasteiger partial charge in [0.15, 0.2) is 0 Å². The number of rotatable bonds is 70. The number of allylic oxidation sites excluding steroid dienone is 4. The molecule has 12 heteroatoms. The van der Waals surface area contributed by atoms with Gasteiger partial charge in [0.2, 0.25) is 0 Å². The van der Waals surface area contributed by atoms with Crippen molar-refractivity contribution in [3.05, 3.63) is 48.6 Å². The number of hydrogen-bond acceptors (Lipinski definition) is 12. The first-order valence-electron chi connectivity index (χ1n) is 41.4. The van der Waals surface area contributed by atoms with E-state index >= 15 is 0 Å². The maximum Gasteiger partial charge on any atom is 0.306 e. The van der Waals surface area contributed by atoms with Gasteiger partial charge in [-0.3, -0.25) is 19.2 Å². The van der Waals surface area contributed by atoms with Crippen LogP contribution in [0.3, 0.4) is 0 Å². The van der Waals surface area contributed by atoms with Crippen molar-refractivity contribution in [2.45, 2.75) is 355 Å². The summed E-state index contributed by atoms with van der Waals surface area (Å²) in [6.07, 6.45) is 76.1. The molecule has 568 valence electrons. The highest BCUT2D eigenvalue weighted by Crippen LogP contribution is 2.25. The molecule has 1 fully saturated rings. The predicted octanol–water partition coefficient (Wildman–Crippen LogP) is 22.3. The Morgan fingerprint density at radius 2 is 0.608 bits per heavy atom. The van der Waals surface area contributed by atoms with Gasteiger partial charge in [0.05, 0.1) is 0 Å². The summed E-state index contributed by atoms with van der Waals surface area (Å²) >= 11 is 0. The van der Waals surface area contributed by atoms with Gasteiger partial charge in [-0.25, -0.2) is 0 Å². The molecular formula is C85H160N4O8. The van der Waals surface area contributed by atoms with Crippen LogP contribution in [-0.4, -0.2) is 150 Å². The summed E-state index contributed by atoms with van der Waals surface area (Å²) < 4.78 is 21.5. The van der Waals surface area contributed by atoms with E-state index in [1.165, 1.54) is 264 Å². The number of ether oxygens (including phenoxy) is 4. The molecule has 0 N–H and O–H groups in total. The molecule has 0 radical (unpaired) electrons. The second-order valence-electron chi connectivity index (χ2n) is 29.2. The summed E-state index contributed by atoms with van der Waals surface area (Å²) in [4.78, 5) is 58.0. The minimum atomic E-state index is -0.0578. The number of esters is 4. The Morgan fingerprint density at radius 1 is 0.330 bits per heavy atom. The van der Waals surface area contributed by atoms with E-state index in [4.69, 9.17) is 18.9 Å². The second-order valence-corrected chi connectivity index (χ2v) is 29.2. The smallest absolute Gasteiger partial charge is 0.306 e. The quantitative estimate of drug-likeness (QED) is 0.0250. The van der Waals surface area contributed by atoms with Crippen molar-refractivity contribution in [1.82, 2.24) is 19.6 Å².